The minimum Gasteiger partial charge on any atom is -0.495 e. The monoisotopic (exact) mass is 830 g/mol. The summed E-state index contributed by atoms with van der Waals surface area (Å²) >= 11 is 0. The van der Waals surface area contributed by atoms with Gasteiger partial charge in [0, 0.05) is 70.1 Å². The highest BCUT2D eigenvalue weighted by atomic mass is 19.4. The number of piperidine rings is 2. The summed E-state index contributed by atoms with van der Waals surface area (Å²) in [5.41, 5.74) is 1.31. The molecule has 0 saturated carbocycles. The number of imide groups is 1. The minimum absolute atomic E-state index is 0.0203. The van der Waals surface area contributed by atoms with Gasteiger partial charge >= 0.3 is 6.18 Å². The smallest absolute Gasteiger partial charge is 0.423 e. The van der Waals surface area contributed by atoms with Crippen LogP contribution in [0.1, 0.15) is 79.0 Å². The Labute approximate surface area is 340 Å². The van der Waals surface area contributed by atoms with Crippen molar-refractivity contribution in [3.63, 3.8) is 0 Å². The quantitative estimate of drug-likeness (QED) is 0.146. The SMILES string of the molecule is COc1cc(C(=O)NC2CCN(Cc3ccc4c(c3)CN(C3CCC(=O)NC3=O)C4=O)CC2)c(F)cc1Nc1ncc(C(F)(F)F)c(Oc2cccc3c2C(=O)N(C)C3)n1. The highest BCUT2D eigenvalue weighted by Gasteiger charge is 2.40. The molecule has 1 atom stereocenters. The molecule has 15 nitrogen and oxygen atoms in total. The molecule has 4 aromatic rings. The zero-order valence-corrected chi connectivity index (χ0v) is 32.3. The third kappa shape index (κ3) is 7.91. The van der Waals surface area contributed by atoms with Crippen molar-refractivity contribution >= 4 is 41.2 Å². The zero-order chi connectivity index (χ0) is 42.5. The number of alkyl halides is 3. The molecule has 19 heteroatoms. The number of likely N-dealkylation sites (tertiary alicyclic amines) is 1. The van der Waals surface area contributed by atoms with Crippen LogP contribution in [0.2, 0.25) is 0 Å². The number of carbonyl (C=O) groups excluding carboxylic acids is 5. The number of rotatable bonds is 10. The number of aromatic nitrogens is 2. The van der Waals surface area contributed by atoms with Crippen molar-refractivity contribution in [1.82, 2.24) is 35.3 Å². The van der Waals surface area contributed by atoms with Crippen LogP contribution in [-0.4, -0.2) is 93.5 Å². The average molecular weight is 831 g/mol. The van der Waals surface area contributed by atoms with E-state index in [-0.39, 0.29) is 72.1 Å². The van der Waals surface area contributed by atoms with Gasteiger partial charge in [0.1, 0.15) is 28.9 Å². The van der Waals surface area contributed by atoms with Gasteiger partial charge in [0.05, 0.1) is 23.9 Å². The second-order valence-electron chi connectivity index (χ2n) is 15.0. The van der Waals surface area contributed by atoms with Crippen molar-refractivity contribution in [3.05, 3.63) is 99.5 Å². The van der Waals surface area contributed by atoms with Crippen LogP contribution in [0.15, 0.2) is 54.7 Å². The first-order valence-electron chi connectivity index (χ1n) is 19.1. The Bertz CT molecular complexity index is 2440. The third-order valence-corrected chi connectivity index (χ3v) is 11.0. The second-order valence-corrected chi connectivity index (χ2v) is 15.0. The molecule has 2 fully saturated rings. The molecule has 2 saturated heterocycles. The molecule has 1 aromatic heterocycles. The van der Waals surface area contributed by atoms with E-state index in [9.17, 15) is 37.1 Å². The predicted octanol–water partition coefficient (Wildman–Crippen LogP) is 4.92. The Kier molecular flexibility index (Phi) is 10.6. The van der Waals surface area contributed by atoms with Crippen LogP contribution in [-0.2, 0) is 35.4 Å². The van der Waals surface area contributed by atoms with Crippen molar-refractivity contribution in [2.24, 2.45) is 0 Å². The maximum Gasteiger partial charge on any atom is 0.423 e. The number of amides is 5. The molecule has 0 bridgehead atoms. The van der Waals surface area contributed by atoms with Crippen molar-refractivity contribution < 1.29 is 51.0 Å². The summed E-state index contributed by atoms with van der Waals surface area (Å²) < 4.78 is 68.7. The van der Waals surface area contributed by atoms with Gasteiger partial charge in [-0.05, 0) is 54.2 Å². The summed E-state index contributed by atoms with van der Waals surface area (Å²) in [6.45, 7) is 2.36. The van der Waals surface area contributed by atoms with E-state index in [0.717, 1.165) is 17.2 Å². The summed E-state index contributed by atoms with van der Waals surface area (Å²) in [6.07, 6.45) is -2.81. The van der Waals surface area contributed by atoms with Crippen LogP contribution in [0, 0.1) is 5.82 Å². The number of fused-ring (bicyclic) bond motifs is 2. The number of halogens is 4. The normalized spacial score (nSPS) is 18.3. The fourth-order valence-corrected chi connectivity index (χ4v) is 7.95. The van der Waals surface area contributed by atoms with E-state index < -0.39 is 53.1 Å². The number of anilines is 2. The fraction of sp³-hybridized carbons (Fsp3) is 0.341. The maximum atomic E-state index is 15.6. The van der Waals surface area contributed by atoms with E-state index in [1.165, 1.54) is 29.0 Å². The Morgan fingerprint density at radius 1 is 0.967 bits per heavy atom. The van der Waals surface area contributed by atoms with Crippen molar-refractivity contribution in [2.45, 2.75) is 63.6 Å². The molecule has 0 aliphatic carbocycles. The Balaban J connectivity index is 0.896. The standard InChI is InChI=1S/C41H38F4N8O7/c1-51-19-22-4-3-5-31(34(22)39(51)58)60-37-27(41(43,44)45)17-46-40(50-37)48-29-16-28(42)26(15-32(29)59-2)35(55)47-24-10-12-52(13-11-24)18-21-6-7-25-23(14-21)20-53(38(25)57)30-8-9-33(54)49-36(30)56/h3-7,14-17,24,30H,8-13,18-20H2,1-2H3,(H,47,55)(H,46,48,50)(H,49,54,56). The third-order valence-electron chi connectivity index (χ3n) is 11.0. The minimum atomic E-state index is -4.92. The predicted molar refractivity (Wildman–Crippen MR) is 204 cm³/mol. The van der Waals surface area contributed by atoms with E-state index in [0.29, 0.717) is 49.8 Å². The number of ether oxygens (including phenoxy) is 2. The van der Waals surface area contributed by atoms with Gasteiger partial charge < -0.3 is 29.9 Å². The maximum absolute atomic E-state index is 15.6. The number of methoxy groups -OCH3 is 1. The first-order chi connectivity index (χ1) is 28.7. The first-order valence-corrected chi connectivity index (χ1v) is 19.1. The molecule has 0 spiro atoms. The summed E-state index contributed by atoms with van der Waals surface area (Å²) in [4.78, 5) is 75.9. The molecule has 312 valence electrons. The summed E-state index contributed by atoms with van der Waals surface area (Å²) in [5.74, 6) is -4.54. The number of hydrogen-bond donors (Lipinski definition) is 3. The van der Waals surface area contributed by atoms with Gasteiger partial charge in [-0.25, -0.2) is 9.37 Å². The molecule has 1 unspecified atom stereocenters. The topological polar surface area (TPSA) is 175 Å². The van der Waals surface area contributed by atoms with Crippen LogP contribution < -0.4 is 25.4 Å². The number of benzene rings is 3. The van der Waals surface area contributed by atoms with Crippen molar-refractivity contribution in [2.75, 3.05) is 32.6 Å². The van der Waals surface area contributed by atoms with Crippen LogP contribution in [0.25, 0.3) is 0 Å². The molecule has 60 heavy (non-hydrogen) atoms. The van der Waals surface area contributed by atoms with E-state index in [2.05, 4.69) is 30.8 Å². The number of nitrogens with zero attached hydrogens (tertiary/aromatic N) is 5. The average Bonchev–Trinajstić information content (AvgIpc) is 3.69. The van der Waals surface area contributed by atoms with Gasteiger partial charge in [-0.1, -0.05) is 24.3 Å². The van der Waals surface area contributed by atoms with Gasteiger partial charge in [-0.3, -0.25) is 34.2 Å². The molecule has 5 heterocycles. The van der Waals surface area contributed by atoms with E-state index in [1.807, 2.05) is 12.1 Å². The van der Waals surface area contributed by atoms with Crippen molar-refractivity contribution in [1.29, 1.82) is 0 Å². The van der Waals surface area contributed by atoms with Crippen LogP contribution in [0.4, 0.5) is 29.2 Å². The molecule has 8 rings (SSSR count). The van der Waals surface area contributed by atoms with E-state index in [4.69, 9.17) is 9.47 Å². The Morgan fingerprint density at radius 2 is 1.75 bits per heavy atom. The summed E-state index contributed by atoms with van der Waals surface area (Å²) in [6, 6.07) is 11.3. The highest BCUT2D eigenvalue weighted by molar-refractivity contribution is 6.05. The van der Waals surface area contributed by atoms with Gasteiger partial charge in [0.15, 0.2) is 0 Å². The zero-order valence-electron chi connectivity index (χ0n) is 32.3. The van der Waals surface area contributed by atoms with Gasteiger partial charge in [0.25, 0.3) is 17.7 Å². The molecule has 3 aromatic carbocycles. The largest absolute Gasteiger partial charge is 0.495 e. The van der Waals surface area contributed by atoms with Gasteiger partial charge in [-0.15, -0.1) is 0 Å². The molecular weight excluding hydrogens is 792 g/mol. The van der Waals surface area contributed by atoms with Crippen LogP contribution >= 0.6 is 0 Å². The highest BCUT2D eigenvalue weighted by Crippen LogP contribution is 2.40. The number of carbonyl (C=O) groups is 5. The lowest BCUT2D eigenvalue weighted by molar-refractivity contribution is -0.139. The van der Waals surface area contributed by atoms with Crippen molar-refractivity contribution in [3.8, 4) is 17.4 Å². The molecule has 4 aliphatic rings. The molecule has 0 radical (unpaired) electrons. The molecule has 3 N–H and O–H groups in total. The lowest BCUT2D eigenvalue weighted by Crippen LogP contribution is -2.52. The molecule has 5 amide bonds. The molecule has 4 aliphatic heterocycles. The van der Waals surface area contributed by atoms with E-state index >= 15 is 4.39 Å². The van der Waals surface area contributed by atoms with Gasteiger partial charge in [0.2, 0.25) is 23.6 Å². The number of nitrogens with one attached hydrogen (secondary N) is 3. The summed E-state index contributed by atoms with van der Waals surface area (Å²) in [7, 11) is 2.83. The second kappa shape index (κ2) is 15.9. The van der Waals surface area contributed by atoms with E-state index in [1.54, 1.807) is 25.2 Å². The molecular formula is C41H38F4N8O7. The van der Waals surface area contributed by atoms with Crippen LogP contribution in [0.5, 0.6) is 17.4 Å². The lowest BCUT2D eigenvalue weighted by Gasteiger charge is -2.32. The Hall–Kier alpha value is -6.63. The van der Waals surface area contributed by atoms with Gasteiger partial charge in [-0.2, -0.15) is 18.2 Å². The Morgan fingerprint density at radius 3 is 2.48 bits per heavy atom. The fourth-order valence-electron chi connectivity index (χ4n) is 7.95. The van der Waals surface area contributed by atoms with Crippen LogP contribution in [0.3, 0.4) is 0 Å². The number of hydrogen-bond acceptors (Lipinski definition) is 11. The first kappa shape index (κ1) is 40.2. The summed E-state index contributed by atoms with van der Waals surface area (Å²) in [5, 5.41) is 7.84. The lowest BCUT2D eigenvalue weighted by atomic mass is 10.0.